The molecule has 2 heterocycles. The van der Waals surface area contributed by atoms with Crippen molar-refractivity contribution in [3.05, 3.63) is 11.9 Å². The van der Waals surface area contributed by atoms with E-state index in [4.69, 9.17) is 16.3 Å². The van der Waals surface area contributed by atoms with Gasteiger partial charge in [0.1, 0.15) is 18.2 Å². The standard InChI is InChI=1S/C13H22N6O2/c1-3-21-7-10-16-9(18-15)6-11(17-10)19-5-4-13(2,8-19)12(14)20/h6H,3-5,7-8,15H2,1-2H3,(H2,14,20)(H,16,17,18). The molecule has 0 saturated carbocycles. The van der Waals surface area contributed by atoms with Gasteiger partial charge in [-0.1, -0.05) is 0 Å². The van der Waals surface area contributed by atoms with Crippen LogP contribution in [0.4, 0.5) is 11.6 Å². The number of anilines is 2. The molecule has 8 heteroatoms. The van der Waals surface area contributed by atoms with E-state index in [2.05, 4.69) is 15.4 Å². The van der Waals surface area contributed by atoms with Crippen molar-refractivity contribution in [1.82, 2.24) is 9.97 Å². The molecule has 0 bridgehead atoms. The van der Waals surface area contributed by atoms with Crippen molar-refractivity contribution in [3.8, 4) is 0 Å². The fraction of sp³-hybridized carbons (Fsp3) is 0.615. The van der Waals surface area contributed by atoms with Gasteiger partial charge in [-0.25, -0.2) is 15.8 Å². The van der Waals surface area contributed by atoms with Gasteiger partial charge in [0.15, 0.2) is 5.82 Å². The number of nitrogens with one attached hydrogen (secondary N) is 1. The van der Waals surface area contributed by atoms with Gasteiger partial charge in [-0.3, -0.25) is 4.79 Å². The number of carbonyl (C=O) groups excluding carboxylic acids is 1. The predicted molar refractivity (Wildman–Crippen MR) is 79.3 cm³/mol. The minimum atomic E-state index is -0.526. The van der Waals surface area contributed by atoms with Crippen molar-refractivity contribution >= 4 is 17.5 Å². The van der Waals surface area contributed by atoms with E-state index in [1.807, 2.05) is 18.7 Å². The third-order valence-electron chi connectivity index (χ3n) is 3.73. The average molecular weight is 294 g/mol. The average Bonchev–Trinajstić information content (AvgIpc) is 2.89. The van der Waals surface area contributed by atoms with Gasteiger partial charge in [-0.15, -0.1) is 0 Å². The quantitative estimate of drug-likeness (QED) is 0.499. The molecule has 1 aromatic rings. The van der Waals surface area contributed by atoms with Crippen LogP contribution < -0.4 is 21.9 Å². The van der Waals surface area contributed by atoms with Gasteiger partial charge in [0.2, 0.25) is 5.91 Å². The van der Waals surface area contributed by atoms with Gasteiger partial charge >= 0.3 is 0 Å². The summed E-state index contributed by atoms with van der Waals surface area (Å²) in [6.07, 6.45) is 0.707. The molecule has 0 spiro atoms. The Kier molecular flexibility index (Phi) is 4.59. The molecule has 1 saturated heterocycles. The number of aromatic nitrogens is 2. The third kappa shape index (κ3) is 3.40. The second kappa shape index (κ2) is 6.23. The second-order valence-electron chi connectivity index (χ2n) is 5.41. The van der Waals surface area contributed by atoms with Crippen LogP contribution in [-0.4, -0.2) is 35.6 Å². The van der Waals surface area contributed by atoms with Crippen LogP contribution in [0.15, 0.2) is 6.07 Å². The molecule has 8 nitrogen and oxygen atoms in total. The lowest BCUT2D eigenvalue weighted by Gasteiger charge is -2.22. The van der Waals surface area contributed by atoms with Crippen LogP contribution in [0, 0.1) is 5.41 Å². The molecule has 21 heavy (non-hydrogen) atoms. The van der Waals surface area contributed by atoms with E-state index in [9.17, 15) is 4.79 Å². The first kappa shape index (κ1) is 15.5. The maximum Gasteiger partial charge on any atom is 0.225 e. The molecule has 0 radical (unpaired) electrons. The lowest BCUT2D eigenvalue weighted by molar-refractivity contribution is -0.125. The van der Waals surface area contributed by atoms with Crippen LogP contribution in [0.1, 0.15) is 26.1 Å². The summed E-state index contributed by atoms with van der Waals surface area (Å²) in [7, 11) is 0. The molecule has 1 amide bonds. The molecule has 1 fully saturated rings. The topological polar surface area (TPSA) is 119 Å². The zero-order chi connectivity index (χ0) is 15.5. The molecular weight excluding hydrogens is 272 g/mol. The first-order chi connectivity index (χ1) is 9.98. The van der Waals surface area contributed by atoms with Crippen molar-refractivity contribution < 1.29 is 9.53 Å². The number of primary amides is 1. The van der Waals surface area contributed by atoms with Crippen LogP contribution >= 0.6 is 0 Å². The highest BCUT2D eigenvalue weighted by atomic mass is 16.5. The number of rotatable bonds is 6. The Hall–Kier alpha value is -1.93. The summed E-state index contributed by atoms with van der Waals surface area (Å²) in [5, 5.41) is 0. The Morgan fingerprint density at radius 1 is 1.57 bits per heavy atom. The van der Waals surface area contributed by atoms with Crippen LogP contribution in [0.25, 0.3) is 0 Å². The highest BCUT2D eigenvalue weighted by molar-refractivity contribution is 5.82. The van der Waals surface area contributed by atoms with Gasteiger partial charge in [-0.2, -0.15) is 0 Å². The first-order valence-electron chi connectivity index (χ1n) is 6.95. The number of hydrazine groups is 1. The maximum absolute atomic E-state index is 11.5. The number of amides is 1. The molecule has 1 aliphatic heterocycles. The summed E-state index contributed by atoms with van der Waals surface area (Å²) in [6.45, 7) is 5.94. The molecule has 2 rings (SSSR count). The van der Waals surface area contributed by atoms with Crippen molar-refractivity contribution in [2.24, 2.45) is 17.0 Å². The van der Waals surface area contributed by atoms with Crippen molar-refractivity contribution in [2.45, 2.75) is 26.9 Å². The highest BCUT2D eigenvalue weighted by Gasteiger charge is 2.39. The van der Waals surface area contributed by atoms with Gasteiger partial charge in [-0.05, 0) is 20.3 Å². The predicted octanol–water partition coefficient (Wildman–Crippen LogP) is 0.000400. The molecule has 1 unspecified atom stereocenters. The number of hydrogen-bond acceptors (Lipinski definition) is 7. The summed E-state index contributed by atoms with van der Waals surface area (Å²) < 4.78 is 5.33. The fourth-order valence-electron chi connectivity index (χ4n) is 2.33. The van der Waals surface area contributed by atoms with Crippen LogP contribution in [0.3, 0.4) is 0 Å². The van der Waals surface area contributed by atoms with Crippen LogP contribution in [0.2, 0.25) is 0 Å². The minimum absolute atomic E-state index is 0.286. The Labute approximate surface area is 123 Å². The SMILES string of the molecule is CCOCc1nc(NN)cc(N2CCC(C)(C(N)=O)C2)n1. The van der Waals surface area contributed by atoms with Crippen LogP contribution in [-0.2, 0) is 16.1 Å². The monoisotopic (exact) mass is 294 g/mol. The summed E-state index contributed by atoms with van der Waals surface area (Å²) in [4.78, 5) is 22.3. The highest BCUT2D eigenvalue weighted by Crippen LogP contribution is 2.32. The second-order valence-corrected chi connectivity index (χ2v) is 5.41. The normalized spacial score (nSPS) is 21.6. The number of ether oxygens (including phenoxy) is 1. The number of nitrogens with two attached hydrogens (primary N) is 2. The number of carbonyl (C=O) groups is 1. The van der Waals surface area contributed by atoms with E-state index in [1.54, 1.807) is 6.07 Å². The third-order valence-corrected chi connectivity index (χ3v) is 3.73. The van der Waals surface area contributed by atoms with E-state index in [-0.39, 0.29) is 5.91 Å². The van der Waals surface area contributed by atoms with Crippen LogP contribution in [0.5, 0.6) is 0 Å². The zero-order valence-corrected chi connectivity index (χ0v) is 12.4. The Morgan fingerprint density at radius 3 is 2.90 bits per heavy atom. The zero-order valence-electron chi connectivity index (χ0n) is 12.4. The first-order valence-corrected chi connectivity index (χ1v) is 6.95. The number of nitrogen functional groups attached to an aromatic ring is 1. The van der Waals surface area contributed by atoms with E-state index >= 15 is 0 Å². The molecule has 116 valence electrons. The van der Waals surface area contributed by atoms with E-state index in [1.165, 1.54) is 0 Å². The fourth-order valence-corrected chi connectivity index (χ4v) is 2.33. The Bertz CT molecular complexity index is 523. The van der Waals surface area contributed by atoms with Gasteiger partial charge in [0, 0.05) is 25.8 Å². The maximum atomic E-state index is 11.5. The lowest BCUT2D eigenvalue weighted by atomic mass is 9.89. The van der Waals surface area contributed by atoms with Crippen molar-refractivity contribution in [2.75, 3.05) is 30.0 Å². The largest absolute Gasteiger partial charge is 0.374 e. The summed E-state index contributed by atoms with van der Waals surface area (Å²) >= 11 is 0. The smallest absolute Gasteiger partial charge is 0.225 e. The molecule has 1 atom stereocenters. The summed E-state index contributed by atoms with van der Waals surface area (Å²) in [5.74, 6) is 6.94. The Morgan fingerprint density at radius 2 is 2.33 bits per heavy atom. The summed E-state index contributed by atoms with van der Waals surface area (Å²) in [5.41, 5.74) is 7.47. The Balaban J connectivity index is 2.21. The van der Waals surface area contributed by atoms with Crippen molar-refractivity contribution in [3.63, 3.8) is 0 Å². The van der Waals surface area contributed by atoms with Gasteiger partial charge in [0.25, 0.3) is 0 Å². The van der Waals surface area contributed by atoms with Crippen molar-refractivity contribution in [1.29, 1.82) is 0 Å². The van der Waals surface area contributed by atoms with Gasteiger partial charge < -0.3 is 20.8 Å². The molecule has 0 aromatic carbocycles. The number of nitrogens with zero attached hydrogens (tertiary/aromatic N) is 3. The number of hydrogen-bond donors (Lipinski definition) is 3. The van der Waals surface area contributed by atoms with E-state index in [0.29, 0.717) is 44.4 Å². The lowest BCUT2D eigenvalue weighted by Crippen LogP contribution is -2.37. The molecule has 1 aromatic heterocycles. The minimum Gasteiger partial charge on any atom is -0.374 e. The molecule has 5 N–H and O–H groups in total. The van der Waals surface area contributed by atoms with E-state index < -0.39 is 5.41 Å². The van der Waals surface area contributed by atoms with E-state index in [0.717, 1.165) is 5.82 Å². The molecule has 0 aliphatic carbocycles. The molecular formula is C13H22N6O2. The molecule has 1 aliphatic rings. The van der Waals surface area contributed by atoms with Gasteiger partial charge in [0.05, 0.1) is 5.41 Å². The summed E-state index contributed by atoms with van der Waals surface area (Å²) in [6, 6.07) is 1.75.